The monoisotopic (exact) mass is 264 g/mol. The van der Waals surface area contributed by atoms with Crippen LogP contribution >= 0.6 is 0 Å². The molecule has 4 nitrogen and oxygen atoms in total. The fraction of sp³-hybridized carbons (Fsp3) is 0.600. The highest BCUT2D eigenvalue weighted by atomic mass is 16.5. The highest BCUT2D eigenvalue weighted by Crippen LogP contribution is 2.17. The number of benzene rings is 1. The number of likely N-dealkylation sites (N-methyl/N-ethyl adjacent to an activating group) is 1. The van der Waals surface area contributed by atoms with Crippen molar-refractivity contribution in [2.45, 2.75) is 18.9 Å². The molecule has 0 spiro atoms. The summed E-state index contributed by atoms with van der Waals surface area (Å²) in [6.07, 6.45) is 2.56. The largest absolute Gasteiger partial charge is 0.497 e. The molecule has 1 aromatic rings. The number of hydrogen-bond acceptors (Lipinski definition) is 4. The van der Waals surface area contributed by atoms with Crippen LogP contribution in [0.25, 0.3) is 0 Å². The predicted octanol–water partition coefficient (Wildman–Crippen LogP) is 1.76. The Morgan fingerprint density at radius 2 is 2.00 bits per heavy atom. The summed E-state index contributed by atoms with van der Waals surface area (Å²) >= 11 is 0. The summed E-state index contributed by atoms with van der Waals surface area (Å²) in [7, 11) is 3.85. The van der Waals surface area contributed by atoms with Crippen LogP contribution in [0, 0.1) is 0 Å². The number of rotatable bonds is 6. The Bertz CT molecular complexity index is 361. The van der Waals surface area contributed by atoms with Crippen LogP contribution in [0.1, 0.15) is 12.8 Å². The number of methoxy groups -OCH3 is 1. The lowest BCUT2D eigenvalue weighted by Crippen LogP contribution is -2.45. The Balaban J connectivity index is 1.69. The minimum absolute atomic E-state index is 0.646. The highest BCUT2D eigenvalue weighted by Gasteiger charge is 2.17. The topological polar surface area (TPSA) is 33.7 Å². The molecule has 0 amide bonds. The maximum Gasteiger partial charge on any atom is 0.119 e. The van der Waals surface area contributed by atoms with Gasteiger partial charge in [0.1, 0.15) is 18.1 Å². The first-order valence-corrected chi connectivity index (χ1v) is 6.97. The molecule has 0 radical (unpaired) electrons. The highest BCUT2D eigenvalue weighted by molar-refractivity contribution is 5.31. The van der Waals surface area contributed by atoms with Crippen LogP contribution in [0.4, 0.5) is 0 Å². The number of hydrogen-bond donors (Lipinski definition) is 1. The number of nitrogens with one attached hydrogen (secondary N) is 1. The van der Waals surface area contributed by atoms with Crippen LogP contribution in [-0.4, -0.2) is 51.3 Å². The fourth-order valence-electron chi connectivity index (χ4n) is 2.37. The molecular weight excluding hydrogens is 240 g/mol. The van der Waals surface area contributed by atoms with Gasteiger partial charge in [0.15, 0.2) is 0 Å². The van der Waals surface area contributed by atoms with Crippen LogP contribution in [-0.2, 0) is 0 Å². The Hall–Kier alpha value is -1.26. The molecule has 0 saturated carbocycles. The molecule has 0 bridgehead atoms. The Kier molecular flexibility index (Phi) is 5.48. The minimum atomic E-state index is 0.646. The van der Waals surface area contributed by atoms with Gasteiger partial charge in [0.2, 0.25) is 0 Å². The van der Waals surface area contributed by atoms with E-state index in [0.717, 1.165) is 37.7 Å². The van der Waals surface area contributed by atoms with Gasteiger partial charge in [-0.2, -0.15) is 0 Å². The molecule has 1 unspecified atom stereocenters. The molecule has 2 rings (SSSR count). The van der Waals surface area contributed by atoms with E-state index in [1.54, 1.807) is 7.11 Å². The molecule has 1 N–H and O–H groups in total. The van der Waals surface area contributed by atoms with Gasteiger partial charge < -0.3 is 14.8 Å². The summed E-state index contributed by atoms with van der Waals surface area (Å²) < 4.78 is 10.9. The SMILES string of the molecule is COc1ccc(OCCN(C)C2CCCNC2)cc1. The second-order valence-corrected chi connectivity index (χ2v) is 5.00. The average molecular weight is 264 g/mol. The zero-order chi connectivity index (χ0) is 13.5. The van der Waals surface area contributed by atoms with Crippen LogP contribution in [0.5, 0.6) is 11.5 Å². The van der Waals surface area contributed by atoms with E-state index in [4.69, 9.17) is 9.47 Å². The van der Waals surface area contributed by atoms with Crippen molar-refractivity contribution in [2.24, 2.45) is 0 Å². The standard InChI is InChI=1S/C15H24N2O2/c1-17(13-4-3-9-16-12-13)10-11-19-15-7-5-14(18-2)6-8-15/h5-8,13,16H,3-4,9-12H2,1-2H3. The van der Waals surface area contributed by atoms with Crippen molar-refractivity contribution in [3.05, 3.63) is 24.3 Å². The third-order valence-corrected chi connectivity index (χ3v) is 3.67. The van der Waals surface area contributed by atoms with Crippen LogP contribution < -0.4 is 14.8 Å². The smallest absolute Gasteiger partial charge is 0.119 e. The second-order valence-electron chi connectivity index (χ2n) is 5.00. The van der Waals surface area contributed by atoms with Crippen LogP contribution in [0.2, 0.25) is 0 Å². The molecule has 0 aliphatic carbocycles. The number of piperidine rings is 1. The molecule has 0 aromatic heterocycles. The summed E-state index contributed by atoms with van der Waals surface area (Å²) in [5, 5.41) is 3.44. The summed E-state index contributed by atoms with van der Waals surface area (Å²) in [6.45, 7) is 3.93. The first-order chi connectivity index (χ1) is 9.29. The first-order valence-electron chi connectivity index (χ1n) is 6.97. The van der Waals surface area contributed by atoms with E-state index in [9.17, 15) is 0 Å². The van der Waals surface area contributed by atoms with Crippen LogP contribution in [0.15, 0.2) is 24.3 Å². The maximum absolute atomic E-state index is 5.75. The predicted molar refractivity (Wildman–Crippen MR) is 77.0 cm³/mol. The van der Waals surface area contributed by atoms with Crippen molar-refractivity contribution in [3.63, 3.8) is 0 Å². The van der Waals surface area contributed by atoms with Crippen LogP contribution in [0.3, 0.4) is 0 Å². The molecule has 1 atom stereocenters. The average Bonchev–Trinajstić information content (AvgIpc) is 2.49. The van der Waals surface area contributed by atoms with Gasteiger partial charge in [-0.3, -0.25) is 4.90 Å². The van der Waals surface area contributed by atoms with E-state index < -0.39 is 0 Å². The number of ether oxygens (including phenoxy) is 2. The first kappa shape index (κ1) is 14.2. The Morgan fingerprint density at radius 3 is 2.63 bits per heavy atom. The fourth-order valence-corrected chi connectivity index (χ4v) is 2.37. The quantitative estimate of drug-likeness (QED) is 0.849. The summed E-state index contributed by atoms with van der Waals surface area (Å²) in [6, 6.07) is 8.38. The van der Waals surface area contributed by atoms with E-state index in [1.165, 1.54) is 12.8 Å². The van der Waals surface area contributed by atoms with Gasteiger partial charge in [0, 0.05) is 19.1 Å². The third kappa shape index (κ3) is 4.40. The molecule has 1 saturated heterocycles. The lowest BCUT2D eigenvalue weighted by molar-refractivity contribution is 0.168. The van der Waals surface area contributed by atoms with Crippen molar-refractivity contribution in [1.29, 1.82) is 0 Å². The Morgan fingerprint density at radius 1 is 1.26 bits per heavy atom. The lowest BCUT2D eigenvalue weighted by Gasteiger charge is -2.31. The van der Waals surface area contributed by atoms with Gasteiger partial charge in [-0.25, -0.2) is 0 Å². The zero-order valence-electron chi connectivity index (χ0n) is 11.9. The lowest BCUT2D eigenvalue weighted by atomic mass is 10.1. The molecular formula is C15H24N2O2. The van der Waals surface area contributed by atoms with Crippen molar-refractivity contribution in [1.82, 2.24) is 10.2 Å². The van der Waals surface area contributed by atoms with E-state index >= 15 is 0 Å². The second kappa shape index (κ2) is 7.36. The molecule has 1 aromatic carbocycles. The van der Waals surface area contributed by atoms with Crippen molar-refractivity contribution in [2.75, 3.05) is 40.4 Å². The minimum Gasteiger partial charge on any atom is -0.497 e. The normalized spacial score (nSPS) is 19.4. The molecule has 1 aliphatic heterocycles. The molecule has 106 valence electrons. The van der Waals surface area contributed by atoms with Gasteiger partial charge in [0.05, 0.1) is 7.11 Å². The molecule has 1 aliphatic rings. The van der Waals surface area contributed by atoms with Gasteiger partial charge in [-0.05, 0) is 50.7 Å². The third-order valence-electron chi connectivity index (χ3n) is 3.67. The summed E-state index contributed by atoms with van der Waals surface area (Å²) in [5.74, 6) is 1.76. The number of nitrogens with zero attached hydrogens (tertiary/aromatic N) is 1. The van der Waals surface area contributed by atoms with Crippen molar-refractivity contribution < 1.29 is 9.47 Å². The van der Waals surface area contributed by atoms with E-state index in [0.29, 0.717) is 6.04 Å². The van der Waals surface area contributed by atoms with Crippen molar-refractivity contribution in [3.8, 4) is 11.5 Å². The molecule has 1 fully saturated rings. The molecule has 4 heteroatoms. The Labute approximate surface area is 115 Å². The molecule has 1 heterocycles. The maximum atomic E-state index is 5.75. The zero-order valence-corrected chi connectivity index (χ0v) is 11.9. The summed E-state index contributed by atoms with van der Waals surface area (Å²) in [5.41, 5.74) is 0. The van der Waals surface area contributed by atoms with Gasteiger partial charge in [-0.15, -0.1) is 0 Å². The van der Waals surface area contributed by atoms with E-state index in [1.807, 2.05) is 24.3 Å². The molecule has 19 heavy (non-hydrogen) atoms. The van der Waals surface area contributed by atoms with E-state index in [-0.39, 0.29) is 0 Å². The van der Waals surface area contributed by atoms with Gasteiger partial charge >= 0.3 is 0 Å². The summed E-state index contributed by atoms with van der Waals surface area (Å²) in [4.78, 5) is 2.38. The van der Waals surface area contributed by atoms with Gasteiger partial charge in [0.25, 0.3) is 0 Å². The van der Waals surface area contributed by atoms with Crippen molar-refractivity contribution >= 4 is 0 Å². The van der Waals surface area contributed by atoms with Gasteiger partial charge in [-0.1, -0.05) is 0 Å². The van der Waals surface area contributed by atoms with E-state index in [2.05, 4.69) is 17.3 Å².